The topological polar surface area (TPSA) is 129 Å². The zero-order valence-corrected chi connectivity index (χ0v) is 24.3. The number of likely N-dealkylation sites (tertiary alicyclic amines) is 1. The van der Waals surface area contributed by atoms with Gasteiger partial charge in [-0.05, 0) is 89.2 Å². The number of carbonyl (C=O) groups is 2. The Morgan fingerprint density at radius 3 is 2.27 bits per heavy atom. The van der Waals surface area contributed by atoms with Gasteiger partial charge in [0.25, 0.3) is 0 Å². The Bertz CT molecular complexity index is 1260. The van der Waals surface area contributed by atoms with Crippen LogP contribution in [0.1, 0.15) is 51.5 Å². The van der Waals surface area contributed by atoms with Crippen LogP contribution in [0.3, 0.4) is 0 Å². The van der Waals surface area contributed by atoms with Crippen molar-refractivity contribution in [2.75, 3.05) is 51.1 Å². The summed E-state index contributed by atoms with van der Waals surface area (Å²) in [5, 5.41) is 6.50. The molecule has 0 spiro atoms. The predicted octanol–water partition coefficient (Wildman–Crippen LogP) is 1.79. The second-order valence-corrected chi connectivity index (χ2v) is 12.2. The number of nitrogens with zero attached hydrogens (tertiary/aromatic N) is 5. The molecular formula is C30H44N8O3. The van der Waals surface area contributed by atoms with Gasteiger partial charge in [0.15, 0.2) is 0 Å². The molecule has 1 unspecified atom stereocenters. The summed E-state index contributed by atoms with van der Waals surface area (Å²) < 4.78 is 1.47. The van der Waals surface area contributed by atoms with Gasteiger partial charge in [-0.3, -0.25) is 14.7 Å². The summed E-state index contributed by atoms with van der Waals surface area (Å²) in [6, 6.07) is 10.8. The lowest BCUT2D eigenvalue weighted by molar-refractivity contribution is -0.137. The maximum absolute atomic E-state index is 12.8. The number of urea groups is 1. The van der Waals surface area contributed by atoms with Gasteiger partial charge in [0.1, 0.15) is 5.82 Å². The van der Waals surface area contributed by atoms with Crippen LogP contribution in [-0.4, -0.2) is 99.6 Å². The number of piperazine rings is 1. The number of rotatable bonds is 8. The van der Waals surface area contributed by atoms with Crippen LogP contribution in [-0.2, 0) is 11.2 Å². The lowest BCUT2D eigenvalue weighted by Crippen LogP contribution is -2.58. The maximum atomic E-state index is 12.8. The highest BCUT2D eigenvalue weighted by atomic mass is 16.2. The fourth-order valence-electron chi connectivity index (χ4n) is 5.62. The van der Waals surface area contributed by atoms with Gasteiger partial charge >= 0.3 is 11.7 Å². The van der Waals surface area contributed by atoms with Crippen molar-refractivity contribution in [2.45, 2.75) is 70.0 Å². The Kier molecular flexibility index (Phi) is 9.06. The van der Waals surface area contributed by atoms with Gasteiger partial charge in [0.05, 0.1) is 11.2 Å². The van der Waals surface area contributed by atoms with Crippen molar-refractivity contribution in [3.8, 4) is 5.69 Å². The molecule has 1 atom stereocenters. The van der Waals surface area contributed by atoms with Crippen LogP contribution in [0.25, 0.3) is 5.69 Å². The molecule has 0 bridgehead atoms. The molecule has 2 saturated heterocycles. The molecule has 5 rings (SSSR count). The Labute approximate surface area is 242 Å². The standard InChI is InChI=1S/C30H44N8O3/c1-30(2,31)27(39)36-18-20-37(21-19-36)28(40)33-26-13-17-38(29(41)34-26)25-9-5-22(6-10-25)11-15-35-14-3-4-23(12-16-35)32-24-7-8-24/h5-6,9-10,13,17,23-24,32H,3-4,7-8,11-12,14-16,18-21,31H2,1-2H3,(H,33,34,40,41). The second kappa shape index (κ2) is 12.7. The SMILES string of the molecule is CC(C)(N)C(=O)N1CCN(C(=O)Nc2ccn(-c3ccc(CCN4CCCC(NC5CC5)CC4)cc3)c(=O)n2)CC1. The van der Waals surface area contributed by atoms with Gasteiger partial charge in [0.2, 0.25) is 5.91 Å². The zero-order chi connectivity index (χ0) is 29.0. The average Bonchev–Trinajstić information content (AvgIpc) is 3.80. The van der Waals surface area contributed by atoms with E-state index in [1.54, 1.807) is 35.9 Å². The molecule has 1 aromatic heterocycles. The molecule has 1 aromatic carbocycles. The minimum Gasteiger partial charge on any atom is -0.338 e. The van der Waals surface area contributed by atoms with E-state index in [0.717, 1.165) is 37.8 Å². The van der Waals surface area contributed by atoms with Gasteiger partial charge in [-0.1, -0.05) is 12.1 Å². The van der Waals surface area contributed by atoms with Gasteiger partial charge in [-0.25, -0.2) is 9.59 Å². The summed E-state index contributed by atoms with van der Waals surface area (Å²) in [7, 11) is 0. The lowest BCUT2D eigenvalue weighted by Gasteiger charge is -2.37. The molecule has 3 heterocycles. The van der Waals surface area contributed by atoms with Crippen molar-refractivity contribution in [1.82, 2.24) is 29.6 Å². The summed E-state index contributed by atoms with van der Waals surface area (Å²) in [5.74, 6) is 0.0598. The number of hydrogen-bond donors (Lipinski definition) is 3. The Balaban J connectivity index is 1.09. The molecule has 2 aromatic rings. The first kappa shape index (κ1) is 29.2. The van der Waals surface area contributed by atoms with E-state index in [-0.39, 0.29) is 17.8 Å². The number of anilines is 1. The van der Waals surface area contributed by atoms with E-state index in [4.69, 9.17) is 5.73 Å². The summed E-state index contributed by atoms with van der Waals surface area (Å²) in [5.41, 5.74) is 6.49. The highest BCUT2D eigenvalue weighted by Crippen LogP contribution is 2.22. The maximum Gasteiger partial charge on any atom is 0.354 e. The largest absolute Gasteiger partial charge is 0.354 e. The molecule has 3 fully saturated rings. The third-order valence-electron chi connectivity index (χ3n) is 8.24. The summed E-state index contributed by atoms with van der Waals surface area (Å²) >= 11 is 0. The van der Waals surface area contributed by atoms with Crippen LogP contribution >= 0.6 is 0 Å². The fraction of sp³-hybridized carbons (Fsp3) is 0.600. The monoisotopic (exact) mass is 564 g/mol. The number of nitrogens with one attached hydrogen (secondary N) is 2. The minimum absolute atomic E-state index is 0.136. The number of hydrogen-bond acceptors (Lipinski definition) is 7. The van der Waals surface area contributed by atoms with Crippen LogP contribution in [0.5, 0.6) is 0 Å². The van der Waals surface area contributed by atoms with E-state index in [9.17, 15) is 14.4 Å². The molecular weight excluding hydrogens is 520 g/mol. The summed E-state index contributed by atoms with van der Waals surface area (Å²) in [6.45, 7) is 8.29. The van der Waals surface area contributed by atoms with Crippen molar-refractivity contribution in [3.63, 3.8) is 0 Å². The number of benzene rings is 1. The Morgan fingerprint density at radius 1 is 0.927 bits per heavy atom. The number of aromatic nitrogens is 2. The quantitative estimate of drug-likeness (QED) is 0.446. The van der Waals surface area contributed by atoms with Crippen molar-refractivity contribution < 1.29 is 9.59 Å². The third-order valence-corrected chi connectivity index (χ3v) is 8.24. The normalized spacial score (nSPS) is 20.5. The zero-order valence-electron chi connectivity index (χ0n) is 24.3. The van der Waals surface area contributed by atoms with Crippen molar-refractivity contribution in [1.29, 1.82) is 0 Å². The van der Waals surface area contributed by atoms with Crippen molar-refractivity contribution in [3.05, 3.63) is 52.6 Å². The molecule has 11 nitrogen and oxygen atoms in total. The second-order valence-electron chi connectivity index (χ2n) is 12.2. The van der Waals surface area contributed by atoms with Crippen molar-refractivity contribution >= 4 is 17.8 Å². The number of amides is 3. The molecule has 41 heavy (non-hydrogen) atoms. The minimum atomic E-state index is -0.942. The van der Waals surface area contributed by atoms with Crippen LogP contribution in [0.4, 0.5) is 10.6 Å². The Morgan fingerprint density at radius 2 is 1.61 bits per heavy atom. The third kappa shape index (κ3) is 7.93. The first-order valence-corrected chi connectivity index (χ1v) is 15.0. The van der Waals surface area contributed by atoms with Gasteiger partial charge in [0, 0.05) is 51.0 Å². The van der Waals surface area contributed by atoms with E-state index in [1.807, 2.05) is 12.1 Å². The molecule has 3 aliphatic rings. The lowest BCUT2D eigenvalue weighted by atomic mass is 10.1. The van der Waals surface area contributed by atoms with Gasteiger partial charge in [-0.2, -0.15) is 4.98 Å². The molecule has 1 saturated carbocycles. The molecule has 11 heteroatoms. The molecule has 1 aliphatic carbocycles. The van der Waals surface area contributed by atoms with E-state index >= 15 is 0 Å². The Hall–Kier alpha value is -3.28. The van der Waals surface area contributed by atoms with E-state index in [1.165, 1.54) is 42.2 Å². The molecule has 2 aliphatic heterocycles. The average molecular weight is 565 g/mol. The molecule has 0 radical (unpaired) electrons. The van der Waals surface area contributed by atoms with Crippen LogP contribution in [0, 0.1) is 0 Å². The van der Waals surface area contributed by atoms with Gasteiger partial charge in [-0.15, -0.1) is 0 Å². The molecule has 222 valence electrons. The van der Waals surface area contributed by atoms with E-state index in [2.05, 4.69) is 32.7 Å². The molecule has 3 amide bonds. The molecule has 4 N–H and O–H groups in total. The first-order valence-electron chi connectivity index (χ1n) is 15.0. The highest BCUT2D eigenvalue weighted by Gasteiger charge is 2.31. The fourth-order valence-corrected chi connectivity index (χ4v) is 5.62. The highest BCUT2D eigenvalue weighted by molar-refractivity contribution is 5.89. The van der Waals surface area contributed by atoms with E-state index in [0.29, 0.717) is 32.2 Å². The first-order chi connectivity index (χ1) is 19.7. The van der Waals surface area contributed by atoms with Crippen LogP contribution < -0.4 is 22.1 Å². The van der Waals surface area contributed by atoms with Crippen LogP contribution in [0.2, 0.25) is 0 Å². The van der Waals surface area contributed by atoms with Crippen LogP contribution in [0.15, 0.2) is 41.3 Å². The smallest absolute Gasteiger partial charge is 0.338 e. The van der Waals surface area contributed by atoms with Gasteiger partial charge < -0.3 is 25.8 Å². The summed E-state index contributed by atoms with van der Waals surface area (Å²) in [6.07, 6.45) is 9.05. The number of nitrogens with two attached hydrogens (primary N) is 1. The number of carbonyl (C=O) groups excluding carboxylic acids is 2. The van der Waals surface area contributed by atoms with Crippen molar-refractivity contribution in [2.24, 2.45) is 5.73 Å². The predicted molar refractivity (Wildman–Crippen MR) is 159 cm³/mol. The summed E-state index contributed by atoms with van der Waals surface area (Å²) in [4.78, 5) is 47.8. The van der Waals surface area contributed by atoms with E-state index < -0.39 is 11.2 Å².